The first-order valence-corrected chi connectivity index (χ1v) is 6.11. The van der Waals surface area contributed by atoms with Crippen molar-refractivity contribution < 1.29 is 24.1 Å². The molecule has 7 heteroatoms. The van der Waals surface area contributed by atoms with Crippen LogP contribution in [0, 0.1) is 0 Å². The Kier molecular flexibility index (Phi) is 6.67. The van der Waals surface area contributed by atoms with Crippen molar-refractivity contribution in [3.05, 3.63) is 36.0 Å². The van der Waals surface area contributed by atoms with E-state index in [2.05, 4.69) is 4.98 Å². The summed E-state index contributed by atoms with van der Waals surface area (Å²) < 4.78 is 15.7. The first-order chi connectivity index (χ1) is 10.1. The molecule has 0 atom stereocenters. The SMILES string of the molecule is COc1ccc(C(=O)O)c(-c2nccc(OC)c2OC)c1.[NaH]. The van der Waals surface area contributed by atoms with Crippen molar-refractivity contribution in [1.82, 2.24) is 4.98 Å². The Balaban J connectivity index is 0.00000242. The number of carboxylic acids is 1. The second-order valence-corrected chi connectivity index (χ2v) is 4.11. The maximum atomic E-state index is 11.4. The number of aromatic nitrogens is 1. The third-order valence-electron chi connectivity index (χ3n) is 3.00. The van der Waals surface area contributed by atoms with E-state index in [4.69, 9.17) is 14.2 Å². The molecular formula is C15H16NNaO5. The quantitative estimate of drug-likeness (QED) is 0.849. The van der Waals surface area contributed by atoms with Gasteiger partial charge in [0.2, 0.25) is 0 Å². The molecule has 0 amide bonds. The van der Waals surface area contributed by atoms with E-state index in [-0.39, 0.29) is 35.1 Å². The van der Waals surface area contributed by atoms with Crippen molar-refractivity contribution in [3.63, 3.8) is 0 Å². The number of ether oxygens (including phenoxy) is 3. The maximum absolute atomic E-state index is 11.4. The van der Waals surface area contributed by atoms with Crippen LogP contribution in [-0.2, 0) is 0 Å². The number of carbonyl (C=O) groups is 1. The van der Waals surface area contributed by atoms with Gasteiger partial charge in [0.25, 0.3) is 0 Å². The number of aromatic carboxylic acids is 1. The van der Waals surface area contributed by atoms with Crippen LogP contribution in [-0.4, -0.2) is 66.9 Å². The van der Waals surface area contributed by atoms with Crippen LogP contribution in [0.4, 0.5) is 0 Å². The molecule has 1 aromatic carbocycles. The van der Waals surface area contributed by atoms with Gasteiger partial charge in [-0.1, -0.05) is 0 Å². The molecule has 0 saturated carbocycles. The Bertz CT molecular complexity index is 675. The molecule has 0 radical (unpaired) electrons. The summed E-state index contributed by atoms with van der Waals surface area (Å²) in [5.74, 6) is 0.318. The predicted molar refractivity (Wildman–Crippen MR) is 83.4 cm³/mol. The van der Waals surface area contributed by atoms with E-state index in [1.807, 2.05) is 0 Å². The van der Waals surface area contributed by atoms with Gasteiger partial charge >= 0.3 is 35.5 Å². The van der Waals surface area contributed by atoms with Crippen molar-refractivity contribution in [3.8, 4) is 28.5 Å². The molecule has 0 fully saturated rings. The molecule has 1 aromatic heterocycles. The fourth-order valence-corrected chi connectivity index (χ4v) is 2.01. The van der Waals surface area contributed by atoms with Gasteiger partial charge in [0.1, 0.15) is 11.4 Å². The molecule has 22 heavy (non-hydrogen) atoms. The van der Waals surface area contributed by atoms with E-state index in [0.29, 0.717) is 28.5 Å². The molecule has 0 spiro atoms. The molecule has 0 bridgehead atoms. The van der Waals surface area contributed by atoms with Crippen molar-refractivity contribution in [2.24, 2.45) is 0 Å². The van der Waals surface area contributed by atoms with E-state index >= 15 is 0 Å². The van der Waals surface area contributed by atoms with E-state index in [0.717, 1.165) is 0 Å². The zero-order valence-electron chi connectivity index (χ0n) is 11.9. The summed E-state index contributed by atoms with van der Waals surface area (Å²) in [6.45, 7) is 0. The molecular weight excluding hydrogens is 297 g/mol. The summed E-state index contributed by atoms with van der Waals surface area (Å²) in [6, 6.07) is 6.30. The zero-order chi connectivity index (χ0) is 15.4. The van der Waals surface area contributed by atoms with Gasteiger partial charge in [0.15, 0.2) is 11.5 Å². The zero-order valence-corrected chi connectivity index (χ0v) is 11.9. The molecule has 2 aromatic rings. The van der Waals surface area contributed by atoms with Gasteiger partial charge in [0.05, 0.1) is 26.9 Å². The number of rotatable bonds is 5. The molecule has 0 saturated heterocycles. The van der Waals surface area contributed by atoms with Crippen molar-refractivity contribution >= 4 is 35.5 Å². The van der Waals surface area contributed by atoms with Crippen LogP contribution in [0.25, 0.3) is 11.3 Å². The molecule has 112 valence electrons. The van der Waals surface area contributed by atoms with E-state index in [9.17, 15) is 9.90 Å². The number of hydrogen-bond donors (Lipinski definition) is 1. The van der Waals surface area contributed by atoms with Crippen LogP contribution in [0.15, 0.2) is 30.5 Å². The van der Waals surface area contributed by atoms with Gasteiger partial charge in [-0.25, -0.2) is 4.79 Å². The number of benzene rings is 1. The molecule has 1 N–H and O–H groups in total. The summed E-state index contributed by atoms with van der Waals surface area (Å²) >= 11 is 0. The Hall–Kier alpha value is -1.76. The first kappa shape index (κ1) is 18.3. The summed E-state index contributed by atoms with van der Waals surface area (Å²) in [4.78, 5) is 15.6. The number of methoxy groups -OCH3 is 3. The Morgan fingerprint density at radius 3 is 2.36 bits per heavy atom. The number of carboxylic acid groups (broad SMARTS) is 1. The normalized spacial score (nSPS) is 9.59. The third-order valence-corrected chi connectivity index (χ3v) is 3.00. The van der Waals surface area contributed by atoms with E-state index in [1.54, 1.807) is 18.2 Å². The minimum absolute atomic E-state index is 0. The van der Waals surface area contributed by atoms with Gasteiger partial charge in [-0.2, -0.15) is 0 Å². The van der Waals surface area contributed by atoms with Gasteiger partial charge in [-0.3, -0.25) is 4.98 Å². The van der Waals surface area contributed by atoms with Crippen LogP contribution in [0.5, 0.6) is 17.2 Å². The molecule has 0 aliphatic carbocycles. The monoisotopic (exact) mass is 313 g/mol. The average Bonchev–Trinajstić information content (AvgIpc) is 2.53. The number of hydrogen-bond acceptors (Lipinski definition) is 5. The van der Waals surface area contributed by atoms with Crippen LogP contribution in [0.1, 0.15) is 10.4 Å². The van der Waals surface area contributed by atoms with E-state index in [1.165, 1.54) is 33.6 Å². The molecule has 2 rings (SSSR count). The first-order valence-electron chi connectivity index (χ1n) is 6.11. The van der Waals surface area contributed by atoms with E-state index < -0.39 is 5.97 Å². The van der Waals surface area contributed by atoms with Gasteiger partial charge in [-0.15, -0.1) is 0 Å². The third kappa shape index (κ3) is 3.52. The van der Waals surface area contributed by atoms with Gasteiger partial charge in [-0.05, 0) is 18.2 Å². The van der Waals surface area contributed by atoms with Crippen LogP contribution >= 0.6 is 0 Å². The standard InChI is InChI=1S/C15H15NO5.Na.H/c1-19-9-4-5-10(15(17)18)11(8-9)13-14(21-3)12(20-2)6-7-16-13;;/h4-8H,1-3H3,(H,17,18);;. The molecule has 0 aliphatic heterocycles. The molecule has 6 nitrogen and oxygen atoms in total. The summed E-state index contributed by atoms with van der Waals surface area (Å²) in [7, 11) is 4.49. The topological polar surface area (TPSA) is 77.9 Å². The fraction of sp³-hybridized carbons (Fsp3) is 0.200. The van der Waals surface area contributed by atoms with Crippen LogP contribution < -0.4 is 14.2 Å². The van der Waals surface area contributed by atoms with Gasteiger partial charge < -0.3 is 19.3 Å². The molecule has 0 unspecified atom stereocenters. The average molecular weight is 313 g/mol. The Morgan fingerprint density at radius 1 is 1.09 bits per heavy atom. The Labute approximate surface area is 150 Å². The predicted octanol–water partition coefficient (Wildman–Crippen LogP) is 1.82. The number of pyridine rings is 1. The van der Waals surface area contributed by atoms with Gasteiger partial charge in [0, 0.05) is 17.8 Å². The minimum atomic E-state index is -1.06. The number of nitrogens with zero attached hydrogens (tertiary/aromatic N) is 1. The fourth-order valence-electron chi connectivity index (χ4n) is 2.01. The summed E-state index contributed by atoms with van der Waals surface area (Å²) in [5, 5.41) is 9.34. The van der Waals surface area contributed by atoms with Crippen LogP contribution in [0.3, 0.4) is 0 Å². The van der Waals surface area contributed by atoms with Crippen molar-refractivity contribution in [2.45, 2.75) is 0 Å². The van der Waals surface area contributed by atoms with Crippen molar-refractivity contribution in [2.75, 3.05) is 21.3 Å². The summed E-state index contributed by atoms with van der Waals surface area (Å²) in [5.41, 5.74) is 0.889. The second kappa shape index (κ2) is 8.03. The van der Waals surface area contributed by atoms with Crippen molar-refractivity contribution in [1.29, 1.82) is 0 Å². The molecule has 1 heterocycles. The van der Waals surface area contributed by atoms with Crippen LogP contribution in [0.2, 0.25) is 0 Å². The Morgan fingerprint density at radius 2 is 1.82 bits per heavy atom. The second-order valence-electron chi connectivity index (χ2n) is 4.11. The molecule has 0 aliphatic rings. The summed E-state index contributed by atoms with van der Waals surface area (Å²) in [6.07, 6.45) is 1.53.